The number of hydrogen-bond donors (Lipinski definition) is 1. The fourth-order valence-electron chi connectivity index (χ4n) is 4.70. The van der Waals surface area contributed by atoms with Crippen LogP contribution in [0.3, 0.4) is 0 Å². The van der Waals surface area contributed by atoms with Gasteiger partial charge < -0.3 is 5.32 Å². The quantitative estimate of drug-likeness (QED) is 0.272. The number of rotatable bonds is 7. The zero-order chi connectivity index (χ0) is 23.7. The first-order valence-electron chi connectivity index (χ1n) is 11.7. The zero-order valence-electron chi connectivity index (χ0n) is 20.1. The lowest BCUT2D eigenvalue weighted by atomic mass is 9.71. The van der Waals surface area contributed by atoms with Gasteiger partial charge in [0.25, 0.3) is 0 Å². The van der Waals surface area contributed by atoms with Crippen LogP contribution in [0, 0.1) is 19.3 Å². The second-order valence-electron chi connectivity index (χ2n) is 9.67. The molecule has 5 rings (SSSR count). The van der Waals surface area contributed by atoms with Crippen LogP contribution < -0.4 is 5.32 Å². The average molecular weight is 467 g/mol. The number of nitrogens with one attached hydrogen (secondary N) is 1. The number of hydrogen-bond acceptors (Lipinski definition) is 4. The molecule has 0 radical (unpaired) electrons. The van der Waals surface area contributed by atoms with E-state index in [2.05, 4.69) is 111 Å². The first kappa shape index (κ1) is 22.4. The van der Waals surface area contributed by atoms with Crippen molar-refractivity contribution in [2.24, 2.45) is 5.41 Å². The molecule has 0 amide bonds. The van der Waals surface area contributed by atoms with Gasteiger partial charge in [-0.15, -0.1) is 11.3 Å². The van der Waals surface area contributed by atoms with E-state index in [0.29, 0.717) is 0 Å². The number of aryl methyl sites for hydroxylation is 2. The Morgan fingerprint density at radius 2 is 1.68 bits per heavy atom. The van der Waals surface area contributed by atoms with Crippen molar-refractivity contribution in [1.82, 2.24) is 14.8 Å². The van der Waals surface area contributed by atoms with Crippen molar-refractivity contribution in [2.45, 2.75) is 33.6 Å². The number of fused-ring (bicyclic) bond motifs is 1. The van der Waals surface area contributed by atoms with E-state index in [1.54, 1.807) is 11.3 Å². The van der Waals surface area contributed by atoms with Crippen LogP contribution in [-0.4, -0.2) is 21.3 Å². The van der Waals surface area contributed by atoms with E-state index in [4.69, 9.17) is 5.10 Å². The summed E-state index contributed by atoms with van der Waals surface area (Å²) in [5.74, 6) is 0.217. The fourth-order valence-corrected chi connectivity index (χ4v) is 5.37. The molecule has 1 atom stereocenters. The topological polar surface area (TPSA) is 42.7 Å². The van der Waals surface area contributed by atoms with E-state index < -0.39 is 0 Å². The average Bonchev–Trinajstić information content (AvgIpc) is 3.45. The molecule has 0 aliphatic rings. The Bertz CT molecular complexity index is 1400. The van der Waals surface area contributed by atoms with E-state index in [1.165, 1.54) is 21.6 Å². The van der Waals surface area contributed by atoms with Crippen molar-refractivity contribution >= 4 is 27.4 Å². The lowest BCUT2D eigenvalue weighted by molar-refractivity contribution is 0.340. The highest BCUT2D eigenvalue weighted by Gasteiger charge is 2.32. The molecule has 5 aromatic rings. The number of nitrogens with zero attached hydrogens (tertiary/aromatic N) is 3. The van der Waals surface area contributed by atoms with E-state index in [0.717, 1.165) is 28.3 Å². The number of thiazole rings is 1. The maximum Gasteiger partial charge on any atom is 0.182 e. The molecule has 0 fully saturated rings. The first-order valence-corrected chi connectivity index (χ1v) is 12.5. The van der Waals surface area contributed by atoms with Gasteiger partial charge in [-0.1, -0.05) is 67.9 Å². The lowest BCUT2D eigenvalue weighted by Gasteiger charge is -2.35. The molecule has 1 unspecified atom stereocenters. The standard InChI is InChI=1S/C29H30N4S/c1-20-10-13-25(14-11-20)33-26-15-12-23(16-24(26)18-32-33)27(22-8-6-5-7-9-22)29(3,4)19-31-28-30-17-21(2)34-28/h5-18,27H,19H2,1-4H3,(H,30,31). The van der Waals surface area contributed by atoms with Gasteiger partial charge in [-0.3, -0.25) is 0 Å². The SMILES string of the molecule is Cc1ccc(-n2ncc3cc(C(c4ccccc4)C(C)(C)CNc4ncc(C)s4)ccc32)cc1. The molecule has 0 saturated heterocycles. The van der Waals surface area contributed by atoms with E-state index in [1.807, 2.05) is 17.1 Å². The van der Waals surface area contributed by atoms with Crippen LogP contribution in [0.25, 0.3) is 16.6 Å². The van der Waals surface area contributed by atoms with Crippen molar-refractivity contribution in [3.8, 4) is 5.69 Å². The molecule has 0 bridgehead atoms. The van der Waals surface area contributed by atoms with E-state index in [9.17, 15) is 0 Å². The highest BCUT2D eigenvalue weighted by molar-refractivity contribution is 7.15. The third-order valence-corrected chi connectivity index (χ3v) is 7.31. The van der Waals surface area contributed by atoms with Gasteiger partial charge in [-0.25, -0.2) is 9.67 Å². The lowest BCUT2D eigenvalue weighted by Crippen LogP contribution is -2.31. The predicted octanol–water partition coefficient (Wildman–Crippen LogP) is 7.37. The van der Waals surface area contributed by atoms with Crippen LogP contribution in [0.1, 0.15) is 41.3 Å². The van der Waals surface area contributed by atoms with Gasteiger partial charge in [0, 0.05) is 28.9 Å². The maximum atomic E-state index is 4.71. The Morgan fingerprint density at radius 1 is 0.912 bits per heavy atom. The third kappa shape index (κ3) is 4.48. The van der Waals surface area contributed by atoms with Crippen molar-refractivity contribution in [3.63, 3.8) is 0 Å². The molecule has 0 saturated carbocycles. The molecule has 3 aromatic carbocycles. The summed E-state index contributed by atoms with van der Waals surface area (Å²) >= 11 is 1.70. The van der Waals surface area contributed by atoms with Crippen LogP contribution in [0.4, 0.5) is 5.13 Å². The highest BCUT2D eigenvalue weighted by atomic mass is 32.1. The second-order valence-corrected chi connectivity index (χ2v) is 10.9. The molecule has 1 N–H and O–H groups in total. The van der Waals surface area contributed by atoms with Gasteiger partial charge in [0.05, 0.1) is 17.4 Å². The van der Waals surface area contributed by atoms with Gasteiger partial charge in [-0.2, -0.15) is 5.10 Å². The van der Waals surface area contributed by atoms with Crippen LogP contribution in [0.5, 0.6) is 0 Å². The molecule has 0 aliphatic carbocycles. The highest BCUT2D eigenvalue weighted by Crippen LogP contribution is 2.42. The zero-order valence-corrected chi connectivity index (χ0v) is 20.9. The summed E-state index contributed by atoms with van der Waals surface area (Å²) in [6, 6.07) is 26.1. The van der Waals surface area contributed by atoms with Crippen LogP contribution in [-0.2, 0) is 0 Å². The minimum atomic E-state index is -0.0540. The Morgan fingerprint density at radius 3 is 2.38 bits per heavy atom. The molecule has 2 aromatic heterocycles. The fraction of sp³-hybridized carbons (Fsp3) is 0.241. The molecule has 172 valence electrons. The molecule has 5 heteroatoms. The van der Waals surface area contributed by atoms with E-state index in [-0.39, 0.29) is 11.3 Å². The van der Waals surface area contributed by atoms with Gasteiger partial charge >= 0.3 is 0 Å². The number of benzene rings is 3. The van der Waals surface area contributed by atoms with Gasteiger partial charge in [0.1, 0.15) is 0 Å². The summed E-state index contributed by atoms with van der Waals surface area (Å²) in [5.41, 5.74) is 6.00. The monoisotopic (exact) mass is 466 g/mol. The van der Waals surface area contributed by atoms with Crippen molar-refractivity contribution < 1.29 is 0 Å². The van der Waals surface area contributed by atoms with Gasteiger partial charge in [0.15, 0.2) is 5.13 Å². The maximum absolute atomic E-state index is 4.71. The minimum absolute atomic E-state index is 0.0540. The molecule has 2 heterocycles. The molecule has 0 aliphatic heterocycles. The summed E-state index contributed by atoms with van der Waals surface area (Å²) in [4.78, 5) is 5.72. The van der Waals surface area contributed by atoms with Crippen molar-refractivity contribution in [2.75, 3.05) is 11.9 Å². The molecule has 0 spiro atoms. The predicted molar refractivity (Wildman–Crippen MR) is 143 cm³/mol. The van der Waals surface area contributed by atoms with Crippen LogP contribution in [0.15, 0.2) is 85.2 Å². The van der Waals surface area contributed by atoms with Gasteiger partial charge in [0.2, 0.25) is 0 Å². The Hall–Kier alpha value is -3.44. The minimum Gasteiger partial charge on any atom is -0.361 e. The second kappa shape index (κ2) is 9.07. The number of anilines is 1. The molecular formula is C29H30N4S. The Labute approximate surface area is 205 Å². The summed E-state index contributed by atoms with van der Waals surface area (Å²) in [5, 5.41) is 10.4. The molecule has 34 heavy (non-hydrogen) atoms. The van der Waals surface area contributed by atoms with Gasteiger partial charge in [-0.05, 0) is 54.7 Å². The largest absolute Gasteiger partial charge is 0.361 e. The van der Waals surface area contributed by atoms with Crippen LogP contribution >= 0.6 is 11.3 Å². The van der Waals surface area contributed by atoms with Crippen molar-refractivity contribution in [1.29, 1.82) is 0 Å². The van der Waals surface area contributed by atoms with Crippen molar-refractivity contribution in [3.05, 3.63) is 107 Å². The molecule has 4 nitrogen and oxygen atoms in total. The normalized spacial score (nSPS) is 12.7. The third-order valence-electron chi connectivity index (χ3n) is 6.43. The summed E-state index contributed by atoms with van der Waals surface area (Å²) in [6.45, 7) is 9.68. The van der Waals surface area contributed by atoms with Crippen LogP contribution in [0.2, 0.25) is 0 Å². The number of aromatic nitrogens is 3. The molecular weight excluding hydrogens is 436 g/mol. The van der Waals surface area contributed by atoms with E-state index >= 15 is 0 Å². The Balaban J connectivity index is 1.52. The first-order chi connectivity index (χ1) is 16.4. The summed E-state index contributed by atoms with van der Waals surface area (Å²) < 4.78 is 2.02. The Kier molecular flexibility index (Phi) is 5.96. The smallest absolute Gasteiger partial charge is 0.182 e. The summed E-state index contributed by atoms with van der Waals surface area (Å²) in [6.07, 6.45) is 3.90. The summed E-state index contributed by atoms with van der Waals surface area (Å²) in [7, 11) is 0.